The summed E-state index contributed by atoms with van der Waals surface area (Å²) in [4.78, 5) is 28.5. The first-order chi connectivity index (χ1) is 19.2. The maximum absolute atomic E-state index is 14.6. The molecule has 4 atom stereocenters. The summed E-state index contributed by atoms with van der Waals surface area (Å²) in [6.45, 7) is 2.46. The van der Waals surface area contributed by atoms with E-state index in [4.69, 9.17) is 9.47 Å². The van der Waals surface area contributed by atoms with Crippen molar-refractivity contribution in [3.8, 4) is 5.75 Å². The summed E-state index contributed by atoms with van der Waals surface area (Å²) >= 11 is 0. The molecule has 7 nitrogen and oxygen atoms in total. The van der Waals surface area contributed by atoms with Crippen molar-refractivity contribution in [2.45, 2.75) is 74.5 Å². The first-order valence-electron chi connectivity index (χ1n) is 13.4. The van der Waals surface area contributed by atoms with Crippen LogP contribution in [0.4, 0.5) is 27.6 Å². The molecule has 1 saturated heterocycles. The van der Waals surface area contributed by atoms with Crippen LogP contribution in [0, 0.1) is 17.6 Å². The number of anilines is 1. The molecule has 228 valence electrons. The van der Waals surface area contributed by atoms with E-state index in [1.54, 1.807) is 12.1 Å². The molecule has 4 fully saturated rings. The van der Waals surface area contributed by atoms with Crippen LogP contribution in [0.15, 0.2) is 30.3 Å². The van der Waals surface area contributed by atoms with Gasteiger partial charge in [-0.1, -0.05) is 13.0 Å². The van der Waals surface area contributed by atoms with Crippen LogP contribution in [-0.2, 0) is 16.1 Å². The summed E-state index contributed by atoms with van der Waals surface area (Å²) in [6.07, 6.45) is -3.94. The third-order valence-electron chi connectivity index (χ3n) is 9.85. The van der Waals surface area contributed by atoms with Crippen molar-refractivity contribution in [2.75, 3.05) is 19.5 Å². The van der Waals surface area contributed by atoms with E-state index in [2.05, 4.69) is 10.6 Å². The molecule has 3 saturated carbocycles. The second kappa shape index (κ2) is 9.78. The van der Waals surface area contributed by atoms with Gasteiger partial charge in [0.1, 0.15) is 6.10 Å². The predicted molar refractivity (Wildman–Crippen MR) is 145 cm³/mol. The average molecular weight is 616 g/mol. The molecule has 13 heteroatoms. The van der Waals surface area contributed by atoms with Crippen molar-refractivity contribution in [2.24, 2.45) is 5.92 Å². The third kappa shape index (κ3) is 4.12. The van der Waals surface area contributed by atoms with E-state index < -0.39 is 53.0 Å². The molecule has 2 bridgehead atoms. The molecule has 2 aromatic carbocycles. The lowest BCUT2D eigenvalue weighted by Gasteiger charge is -2.73. The SMILES string of the molecule is CNC12CC(N3Cc4cc(NC(=O)[C@@H]5O[C@@](C)(C(F)(F)F)[C@@H](C)[C@H]5c5ccc(F)c(F)c5OC)ccc4C3=O)(C1)C2.Cl. The van der Waals surface area contributed by atoms with Gasteiger partial charge in [0.2, 0.25) is 5.82 Å². The van der Waals surface area contributed by atoms with Crippen LogP contribution in [0.1, 0.15) is 60.5 Å². The smallest absolute Gasteiger partial charge is 0.417 e. The van der Waals surface area contributed by atoms with Gasteiger partial charge in [0.25, 0.3) is 11.8 Å². The summed E-state index contributed by atoms with van der Waals surface area (Å²) in [5.41, 5.74) is -1.44. The number of hydrogen-bond acceptors (Lipinski definition) is 5. The van der Waals surface area contributed by atoms with Crippen molar-refractivity contribution >= 4 is 29.9 Å². The van der Waals surface area contributed by atoms with Gasteiger partial charge in [0.05, 0.1) is 7.11 Å². The van der Waals surface area contributed by atoms with Crippen LogP contribution < -0.4 is 15.4 Å². The fourth-order valence-electron chi connectivity index (χ4n) is 7.32. The van der Waals surface area contributed by atoms with Crippen molar-refractivity contribution in [1.82, 2.24) is 10.2 Å². The second-order valence-electron chi connectivity index (χ2n) is 12.0. The molecule has 3 aliphatic carbocycles. The maximum atomic E-state index is 14.6. The van der Waals surface area contributed by atoms with Crippen LogP contribution in [0.3, 0.4) is 0 Å². The Morgan fingerprint density at radius 2 is 1.81 bits per heavy atom. The molecular formula is C29H31ClF5N3O4. The number of alkyl halides is 3. The molecule has 2 aliphatic heterocycles. The molecule has 7 rings (SSSR count). The number of methoxy groups -OCH3 is 1. The van der Waals surface area contributed by atoms with Gasteiger partial charge >= 0.3 is 6.18 Å². The van der Waals surface area contributed by atoms with Gasteiger partial charge in [-0.25, -0.2) is 4.39 Å². The fraction of sp³-hybridized carbons (Fsp3) is 0.517. The summed E-state index contributed by atoms with van der Waals surface area (Å²) in [5, 5.41) is 5.95. The molecule has 0 aromatic heterocycles. The Hall–Kier alpha value is -2.96. The first-order valence-corrected chi connectivity index (χ1v) is 13.4. The Morgan fingerprint density at radius 1 is 1.14 bits per heavy atom. The standard InChI is InChI=1S/C29H30F5N3O4.ClH/c1-14-20(18-7-8-19(30)21(31)22(18)40-4)23(41-26(14,2)29(32,33)34)24(38)36-16-5-6-17-15(9-16)10-37(25(17)39)28-11-27(12-28,13-28)35-3;/h5-9,14,20,23,35H,10-13H2,1-4H3,(H,36,38);1H/t14-,20-,23+,26+,27?,28?;/m0./s1. The molecular weight excluding hydrogens is 585 g/mol. The molecule has 2 N–H and O–H groups in total. The lowest BCUT2D eigenvalue weighted by atomic mass is 9.43. The van der Waals surface area contributed by atoms with E-state index in [1.807, 2.05) is 11.9 Å². The number of amides is 2. The number of carbonyl (C=O) groups is 2. The normalized spacial score (nSPS) is 32.9. The van der Waals surface area contributed by atoms with Crippen LogP contribution in [-0.4, -0.2) is 59.8 Å². The zero-order valence-electron chi connectivity index (χ0n) is 23.3. The number of nitrogens with zero attached hydrogens (tertiary/aromatic N) is 1. The number of carbonyl (C=O) groups excluding carboxylic acids is 2. The molecule has 2 amide bonds. The summed E-state index contributed by atoms with van der Waals surface area (Å²) in [5.74, 6) is -6.84. The zero-order chi connectivity index (χ0) is 29.7. The highest BCUT2D eigenvalue weighted by Gasteiger charge is 2.71. The number of hydrogen-bond donors (Lipinski definition) is 2. The van der Waals surface area contributed by atoms with Crippen LogP contribution in [0.25, 0.3) is 0 Å². The van der Waals surface area contributed by atoms with Crippen molar-refractivity contribution < 1.29 is 41.0 Å². The lowest BCUT2D eigenvalue weighted by Crippen LogP contribution is -2.82. The number of benzene rings is 2. The van der Waals surface area contributed by atoms with Crippen molar-refractivity contribution in [1.29, 1.82) is 0 Å². The van der Waals surface area contributed by atoms with E-state index in [0.29, 0.717) is 17.7 Å². The minimum atomic E-state index is -4.86. The average Bonchev–Trinajstić information content (AvgIpc) is 3.33. The third-order valence-corrected chi connectivity index (χ3v) is 9.85. The van der Waals surface area contributed by atoms with Crippen LogP contribution in [0.2, 0.25) is 0 Å². The highest BCUT2D eigenvalue weighted by molar-refractivity contribution is 6.01. The van der Waals surface area contributed by atoms with Crippen LogP contribution in [0.5, 0.6) is 5.75 Å². The van der Waals surface area contributed by atoms with Gasteiger partial charge in [0, 0.05) is 46.3 Å². The molecule has 0 radical (unpaired) electrons. The van der Waals surface area contributed by atoms with E-state index in [1.165, 1.54) is 13.0 Å². The van der Waals surface area contributed by atoms with E-state index >= 15 is 0 Å². The van der Waals surface area contributed by atoms with Crippen molar-refractivity contribution in [3.05, 3.63) is 58.7 Å². The monoisotopic (exact) mass is 615 g/mol. The van der Waals surface area contributed by atoms with Crippen LogP contribution >= 0.6 is 12.4 Å². The number of halogens is 6. The number of rotatable bonds is 6. The number of fused-ring (bicyclic) bond motifs is 1. The maximum Gasteiger partial charge on any atom is 0.417 e. The highest BCUT2D eigenvalue weighted by Crippen LogP contribution is 2.64. The van der Waals surface area contributed by atoms with Gasteiger partial charge in [-0.05, 0) is 63.1 Å². The van der Waals surface area contributed by atoms with E-state index in [9.17, 15) is 31.5 Å². The minimum absolute atomic E-state index is 0. The number of ether oxygens (including phenoxy) is 2. The quantitative estimate of drug-likeness (QED) is 0.430. The lowest BCUT2D eigenvalue weighted by molar-refractivity contribution is -0.272. The number of nitrogens with one attached hydrogen (secondary N) is 2. The Morgan fingerprint density at radius 3 is 2.40 bits per heavy atom. The van der Waals surface area contributed by atoms with E-state index in [0.717, 1.165) is 45.4 Å². The molecule has 2 aromatic rings. The molecule has 0 spiro atoms. The summed E-state index contributed by atoms with van der Waals surface area (Å²) in [6, 6.07) is 6.65. The summed E-state index contributed by atoms with van der Waals surface area (Å²) < 4.78 is 81.6. The van der Waals surface area contributed by atoms with Gasteiger partial charge in [-0.15, -0.1) is 12.4 Å². The Bertz CT molecular complexity index is 1450. The van der Waals surface area contributed by atoms with Gasteiger partial charge < -0.3 is 25.0 Å². The van der Waals surface area contributed by atoms with Gasteiger partial charge in [-0.3, -0.25) is 9.59 Å². The summed E-state index contributed by atoms with van der Waals surface area (Å²) in [7, 11) is 2.98. The molecule has 0 unspecified atom stereocenters. The highest BCUT2D eigenvalue weighted by atomic mass is 35.5. The second-order valence-corrected chi connectivity index (χ2v) is 12.0. The van der Waals surface area contributed by atoms with E-state index in [-0.39, 0.29) is 40.6 Å². The Labute approximate surface area is 245 Å². The largest absolute Gasteiger partial charge is 0.493 e. The topological polar surface area (TPSA) is 79.9 Å². The van der Waals surface area contributed by atoms with Gasteiger partial charge in [0.15, 0.2) is 17.2 Å². The van der Waals surface area contributed by atoms with Crippen molar-refractivity contribution in [3.63, 3.8) is 0 Å². The zero-order valence-corrected chi connectivity index (χ0v) is 24.1. The fourth-order valence-corrected chi connectivity index (χ4v) is 7.32. The molecule has 2 heterocycles. The molecule has 5 aliphatic rings. The first kappa shape index (κ1) is 30.5. The van der Waals surface area contributed by atoms with Gasteiger partial charge in [-0.2, -0.15) is 17.6 Å². The Kier molecular flexibility index (Phi) is 7.10. The predicted octanol–water partition coefficient (Wildman–Crippen LogP) is 5.32. The molecule has 42 heavy (non-hydrogen) atoms. The minimum Gasteiger partial charge on any atom is -0.493 e. The Balaban J connectivity index is 0.00000353.